The minimum atomic E-state index is -0.302. The summed E-state index contributed by atoms with van der Waals surface area (Å²) < 4.78 is 0. The number of rotatable bonds is 4. The molecule has 0 aliphatic rings. The van der Waals surface area contributed by atoms with Gasteiger partial charge in [-0.1, -0.05) is 36.8 Å². The summed E-state index contributed by atoms with van der Waals surface area (Å²) >= 11 is 0. The van der Waals surface area contributed by atoms with Crippen molar-refractivity contribution in [1.82, 2.24) is 0 Å². The smallest absolute Gasteiger partial charge is 0.246 e. The highest BCUT2D eigenvalue weighted by Gasteiger charge is 2.08. The zero-order valence-corrected chi connectivity index (χ0v) is 9.06. The van der Waals surface area contributed by atoms with Crippen molar-refractivity contribution in [1.29, 1.82) is 0 Å². The predicted molar refractivity (Wildman–Crippen MR) is 61.1 cm³/mol. The topological polar surface area (TPSA) is 43.1 Å². The first kappa shape index (κ1) is 11.4. The van der Waals surface area contributed by atoms with Gasteiger partial charge in [-0.2, -0.15) is 0 Å². The van der Waals surface area contributed by atoms with Gasteiger partial charge in [-0.25, -0.2) is 0 Å². The van der Waals surface area contributed by atoms with Gasteiger partial charge in [0.05, 0.1) is 4.92 Å². The van der Waals surface area contributed by atoms with Crippen LogP contribution in [0.15, 0.2) is 30.0 Å². The Kier molecular flexibility index (Phi) is 4.03. The van der Waals surface area contributed by atoms with E-state index in [2.05, 4.69) is 0 Å². The molecule has 0 heterocycles. The lowest BCUT2D eigenvalue weighted by atomic mass is 10.1. The number of benzene rings is 1. The third kappa shape index (κ3) is 3.54. The molecule has 3 heteroatoms. The van der Waals surface area contributed by atoms with Gasteiger partial charge >= 0.3 is 0 Å². The zero-order valence-electron chi connectivity index (χ0n) is 9.06. The molecule has 0 aliphatic heterocycles. The number of nitro groups is 1. The van der Waals surface area contributed by atoms with E-state index in [4.69, 9.17) is 0 Å². The molecule has 0 bridgehead atoms. The maximum absolute atomic E-state index is 10.7. The summed E-state index contributed by atoms with van der Waals surface area (Å²) in [4.78, 5) is 10.4. The number of nitrogens with zero attached hydrogens (tertiary/aromatic N) is 1. The van der Waals surface area contributed by atoms with Crippen LogP contribution in [0, 0.1) is 17.0 Å². The molecule has 1 aromatic carbocycles. The van der Waals surface area contributed by atoms with Crippen LogP contribution < -0.4 is 0 Å². The second kappa shape index (κ2) is 5.29. The van der Waals surface area contributed by atoms with Crippen LogP contribution in [-0.4, -0.2) is 4.92 Å². The van der Waals surface area contributed by atoms with E-state index in [1.807, 2.05) is 38.1 Å². The van der Waals surface area contributed by atoms with Gasteiger partial charge in [0, 0.05) is 12.5 Å². The molecule has 1 rings (SSSR count). The fourth-order valence-electron chi connectivity index (χ4n) is 1.33. The van der Waals surface area contributed by atoms with E-state index in [1.165, 1.54) is 0 Å². The number of allylic oxidation sites excluding steroid dienone is 1. The normalized spacial score (nSPS) is 11.5. The highest BCUT2D eigenvalue weighted by atomic mass is 16.6. The maximum Gasteiger partial charge on any atom is 0.246 e. The minimum Gasteiger partial charge on any atom is -0.259 e. The molecule has 3 nitrogen and oxygen atoms in total. The van der Waals surface area contributed by atoms with E-state index < -0.39 is 0 Å². The van der Waals surface area contributed by atoms with Crippen LogP contribution in [0.5, 0.6) is 0 Å². The average Bonchev–Trinajstić information content (AvgIpc) is 2.20. The summed E-state index contributed by atoms with van der Waals surface area (Å²) in [5.74, 6) is 0. The molecule has 0 fully saturated rings. The lowest BCUT2D eigenvalue weighted by Crippen LogP contribution is -1.97. The molecule has 0 saturated carbocycles. The van der Waals surface area contributed by atoms with Crippen molar-refractivity contribution in [2.24, 2.45) is 0 Å². The SMILES string of the molecule is CCC/C(=C/c1ccc(C)cc1)[N+](=O)[O-]. The van der Waals surface area contributed by atoms with E-state index >= 15 is 0 Å². The van der Waals surface area contributed by atoms with Crippen molar-refractivity contribution in [2.75, 3.05) is 0 Å². The Morgan fingerprint density at radius 2 is 2.00 bits per heavy atom. The van der Waals surface area contributed by atoms with Crippen LogP contribution in [0.2, 0.25) is 0 Å². The summed E-state index contributed by atoms with van der Waals surface area (Å²) in [6, 6.07) is 7.70. The van der Waals surface area contributed by atoms with Crippen LogP contribution in [0.3, 0.4) is 0 Å². The Balaban J connectivity index is 2.91. The minimum absolute atomic E-state index is 0.279. The zero-order chi connectivity index (χ0) is 11.3. The van der Waals surface area contributed by atoms with E-state index in [0.717, 1.165) is 17.5 Å². The van der Waals surface area contributed by atoms with E-state index in [0.29, 0.717) is 6.42 Å². The van der Waals surface area contributed by atoms with Crippen molar-refractivity contribution in [3.05, 3.63) is 51.2 Å². The molecule has 1 aromatic rings. The Bertz CT molecular complexity index is 366. The Labute approximate surface area is 89.6 Å². The van der Waals surface area contributed by atoms with Crippen molar-refractivity contribution in [2.45, 2.75) is 26.7 Å². The van der Waals surface area contributed by atoms with Gasteiger partial charge in [0.2, 0.25) is 5.70 Å². The van der Waals surface area contributed by atoms with Gasteiger partial charge < -0.3 is 0 Å². The Morgan fingerprint density at radius 1 is 1.40 bits per heavy atom. The largest absolute Gasteiger partial charge is 0.259 e. The highest BCUT2D eigenvalue weighted by molar-refractivity contribution is 5.51. The van der Waals surface area contributed by atoms with Crippen LogP contribution >= 0.6 is 0 Å². The third-order valence-corrected chi connectivity index (χ3v) is 2.15. The number of hydrogen-bond acceptors (Lipinski definition) is 2. The second-order valence-corrected chi connectivity index (χ2v) is 3.55. The first-order valence-electron chi connectivity index (χ1n) is 5.05. The van der Waals surface area contributed by atoms with Crippen LogP contribution in [0.25, 0.3) is 6.08 Å². The fraction of sp³-hybridized carbons (Fsp3) is 0.333. The first-order chi connectivity index (χ1) is 7.13. The lowest BCUT2D eigenvalue weighted by molar-refractivity contribution is -0.426. The molecule has 0 N–H and O–H groups in total. The molecule has 0 atom stereocenters. The number of aryl methyl sites for hydroxylation is 1. The summed E-state index contributed by atoms with van der Waals surface area (Å²) in [5, 5.41) is 10.7. The van der Waals surface area contributed by atoms with Gasteiger partial charge in [-0.05, 0) is 18.9 Å². The molecule has 80 valence electrons. The Hall–Kier alpha value is -1.64. The van der Waals surface area contributed by atoms with Crippen molar-refractivity contribution < 1.29 is 4.92 Å². The van der Waals surface area contributed by atoms with Crippen LogP contribution in [0.1, 0.15) is 30.9 Å². The molecule has 0 spiro atoms. The summed E-state index contributed by atoms with van der Waals surface area (Å²) in [6.07, 6.45) is 2.95. The molecule has 0 saturated heterocycles. The van der Waals surface area contributed by atoms with Gasteiger partial charge in [0.1, 0.15) is 0 Å². The molecule has 0 radical (unpaired) electrons. The van der Waals surface area contributed by atoms with Gasteiger partial charge in [-0.3, -0.25) is 10.1 Å². The average molecular weight is 205 g/mol. The molecule has 0 aliphatic carbocycles. The molecule has 0 amide bonds. The second-order valence-electron chi connectivity index (χ2n) is 3.55. The molecule has 0 unspecified atom stereocenters. The fourth-order valence-corrected chi connectivity index (χ4v) is 1.33. The lowest BCUT2D eigenvalue weighted by Gasteiger charge is -1.97. The highest BCUT2D eigenvalue weighted by Crippen LogP contribution is 2.12. The standard InChI is InChI=1S/C12H15NO2/c1-3-4-12(13(14)15)9-11-7-5-10(2)6-8-11/h5-9H,3-4H2,1-2H3/b12-9-. The van der Waals surface area contributed by atoms with Gasteiger partial charge in [0.15, 0.2) is 0 Å². The molecular weight excluding hydrogens is 190 g/mol. The predicted octanol–water partition coefficient (Wildman–Crippen LogP) is 3.41. The van der Waals surface area contributed by atoms with Gasteiger partial charge in [-0.15, -0.1) is 0 Å². The summed E-state index contributed by atoms with van der Waals surface area (Å²) in [7, 11) is 0. The summed E-state index contributed by atoms with van der Waals surface area (Å²) in [5.41, 5.74) is 2.33. The maximum atomic E-state index is 10.7. The third-order valence-electron chi connectivity index (χ3n) is 2.15. The van der Waals surface area contributed by atoms with Crippen molar-refractivity contribution >= 4 is 6.08 Å². The Morgan fingerprint density at radius 3 is 2.47 bits per heavy atom. The first-order valence-corrected chi connectivity index (χ1v) is 5.05. The van der Waals surface area contributed by atoms with Crippen LogP contribution in [0.4, 0.5) is 0 Å². The quantitative estimate of drug-likeness (QED) is 0.558. The molecular formula is C12H15NO2. The molecule has 0 aromatic heterocycles. The van der Waals surface area contributed by atoms with E-state index in [9.17, 15) is 10.1 Å². The van der Waals surface area contributed by atoms with E-state index in [1.54, 1.807) is 6.08 Å². The van der Waals surface area contributed by atoms with Crippen molar-refractivity contribution in [3.8, 4) is 0 Å². The van der Waals surface area contributed by atoms with E-state index in [-0.39, 0.29) is 10.6 Å². The van der Waals surface area contributed by atoms with Crippen molar-refractivity contribution in [3.63, 3.8) is 0 Å². The monoisotopic (exact) mass is 205 g/mol. The summed E-state index contributed by atoms with van der Waals surface area (Å²) in [6.45, 7) is 3.93. The number of hydrogen-bond donors (Lipinski definition) is 0. The van der Waals surface area contributed by atoms with Gasteiger partial charge in [0.25, 0.3) is 0 Å². The molecule has 15 heavy (non-hydrogen) atoms. The van der Waals surface area contributed by atoms with Crippen LogP contribution in [-0.2, 0) is 0 Å².